The Balaban J connectivity index is 1.69. The molecule has 1 aliphatic heterocycles. The van der Waals surface area contributed by atoms with E-state index in [-0.39, 0.29) is 6.10 Å². The first-order valence-electron chi connectivity index (χ1n) is 8.51. The highest BCUT2D eigenvalue weighted by Crippen LogP contribution is 2.29. The van der Waals surface area contributed by atoms with Gasteiger partial charge in [0.25, 0.3) is 0 Å². The van der Waals surface area contributed by atoms with Gasteiger partial charge in [0, 0.05) is 30.6 Å². The van der Waals surface area contributed by atoms with Crippen molar-refractivity contribution in [1.82, 2.24) is 9.88 Å². The molecular formula is C21H22N2O. The van der Waals surface area contributed by atoms with Gasteiger partial charge in [0.05, 0.1) is 5.52 Å². The fraction of sp³-hybridized carbons (Fsp3) is 0.286. The summed E-state index contributed by atoms with van der Waals surface area (Å²) in [6.07, 6.45) is 0.129. The number of hydrogen-bond donors (Lipinski definition) is 0. The fourth-order valence-electron chi connectivity index (χ4n) is 3.45. The van der Waals surface area contributed by atoms with Crippen LogP contribution in [0.1, 0.15) is 23.6 Å². The summed E-state index contributed by atoms with van der Waals surface area (Å²) in [5.74, 6) is 0.792. The molecule has 2 aromatic carbocycles. The van der Waals surface area contributed by atoms with Gasteiger partial charge in [0.15, 0.2) is 0 Å². The molecule has 0 spiro atoms. The van der Waals surface area contributed by atoms with Crippen molar-refractivity contribution in [2.24, 2.45) is 0 Å². The first-order chi connectivity index (χ1) is 11.7. The Bertz CT molecular complexity index is 860. The number of ether oxygens (including phenoxy) is 1. The Morgan fingerprint density at radius 3 is 2.79 bits per heavy atom. The van der Waals surface area contributed by atoms with E-state index in [0.29, 0.717) is 0 Å². The molecule has 4 rings (SSSR count). The second-order valence-electron chi connectivity index (χ2n) is 6.68. The van der Waals surface area contributed by atoms with Crippen molar-refractivity contribution in [3.63, 3.8) is 0 Å². The van der Waals surface area contributed by atoms with Gasteiger partial charge in [0.2, 0.25) is 5.88 Å². The van der Waals surface area contributed by atoms with E-state index >= 15 is 0 Å². The van der Waals surface area contributed by atoms with Crippen LogP contribution in [0.2, 0.25) is 0 Å². The highest BCUT2D eigenvalue weighted by molar-refractivity contribution is 5.83. The number of fused-ring (bicyclic) bond motifs is 2. The van der Waals surface area contributed by atoms with E-state index in [2.05, 4.69) is 73.3 Å². The van der Waals surface area contributed by atoms with Gasteiger partial charge in [0.1, 0.15) is 6.10 Å². The molecule has 1 aliphatic rings. The molecule has 3 heteroatoms. The zero-order valence-corrected chi connectivity index (χ0v) is 14.2. The summed E-state index contributed by atoms with van der Waals surface area (Å²) in [5.41, 5.74) is 4.74. The van der Waals surface area contributed by atoms with E-state index in [4.69, 9.17) is 9.72 Å². The zero-order chi connectivity index (χ0) is 16.5. The average molecular weight is 318 g/mol. The van der Waals surface area contributed by atoms with Crippen LogP contribution in [0.25, 0.3) is 10.9 Å². The summed E-state index contributed by atoms with van der Waals surface area (Å²) in [6, 6.07) is 19.2. The predicted octanol–water partition coefficient (Wildman–Crippen LogP) is 4.33. The molecule has 2 heterocycles. The van der Waals surface area contributed by atoms with Crippen LogP contribution in [0.3, 0.4) is 0 Å². The maximum atomic E-state index is 6.14. The minimum absolute atomic E-state index is 0.129. The van der Waals surface area contributed by atoms with Crippen molar-refractivity contribution in [3.05, 3.63) is 71.3 Å². The fourth-order valence-corrected chi connectivity index (χ4v) is 3.45. The van der Waals surface area contributed by atoms with Gasteiger partial charge in [-0.05, 0) is 31.0 Å². The molecule has 122 valence electrons. The van der Waals surface area contributed by atoms with Gasteiger partial charge < -0.3 is 4.74 Å². The maximum Gasteiger partial charge on any atom is 0.218 e. The van der Waals surface area contributed by atoms with Crippen molar-refractivity contribution < 1.29 is 4.74 Å². The number of aryl methyl sites for hydroxylation is 1. The number of nitrogens with zero attached hydrogens (tertiary/aromatic N) is 2. The van der Waals surface area contributed by atoms with Crippen molar-refractivity contribution >= 4 is 10.9 Å². The van der Waals surface area contributed by atoms with Gasteiger partial charge in [-0.1, -0.05) is 48.5 Å². The van der Waals surface area contributed by atoms with Gasteiger partial charge in [-0.25, -0.2) is 4.98 Å². The van der Waals surface area contributed by atoms with Crippen molar-refractivity contribution in [1.29, 1.82) is 0 Å². The highest BCUT2D eigenvalue weighted by Gasteiger charge is 2.22. The summed E-state index contributed by atoms with van der Waals surface area (Å²) in [6.45, 7) is 6.92. The molecule has 0 bridgehead atoms. The molecule has 0 amide bonds. The molecule has 0 saturated heterocycles. The summed E-state index contributed by atoms with van der Waals surface area (Å²) >= 11 is 0. The quantitative estimate of drug-likeness (QED) is 0.703. The standard InChI is InChI=1S/C21H22N2O/c1-15-7-6-10-18-11-19-14-23(13-17-8-4-3-5-9-17)12-16(2)24-21(19)22-20(15)18/h3-11,16H,12-14H2,1-2H3. The van der Waals surface area contributed by atoms with Gasteiger partial charge in [-0.3, -0.25) is 4.90 Å². The number of benzene rings is 2. The molecule has 1 aromatic heterocycles. The minimum Gasteiger partial charge on any atom is -0.473 e. The number of pyridine rings is 1. The Hall–Kier alpha value is -2.39. The van der Waals surface area contributed by atoms with E-state index in [1.54, 1.807) is 0 Å². The van der Waals surface area contributed by atoms with E-state index < -0.39 is 0 Å². The predicted molar refractivity (Wildman–Crippen MR) is 97.1 cm³/mol. The Labute approximate surface area is 142 Å². The molecule has 3 aromatic rings. The van der Waals surface area contributed by atoms with Gasteiger partial charge in [-0.2, -0.15) is 0 Å². The van der Waals surface area contributed by atoms with Crippen LogP contribution in [0.4, 0.5) is 0 Å². The van der Waals surface area contributed by atoms with Crippen LogP contribution in [-0.2, 0) is 13.1 Å². The lowest BCUT2D eigenvalue weighted by molar-refractivity contribution is 0.153. The van der Waals surface area contributed by atoms with Crippen LogP contribution < -0.4 is 4.74 Å². The smallest absolute Gasteiger partial charge is 0.218 e. The SMILES string of the molecule is Cc1cccc2cc3c(nc12)OC(C)CN(Cc1ccccc1)C3. The first kappa shape index (κ1) is 15.2. The van der Waals surface area contributed by atoms with Crippen molar-refractivity contribution in [3.8, 4) is 5.88 Å². The number of aromatic nitrogens is 1. The molecule has 24 heavy (non-hydrogen) atoms. The van der Waals surface area contributed by atoms with Crippen LogP contribution in [0.15, 0.2) is 54.6 Å². The summed E-state index contributed by atoms with van der Waals surface area (Å²) < 4.78 is 6.14. The van der Waals surface area contributed by atoms with E-state index in [1.807, 2.05) is 0 Å². The molecule has 3 nitrogen and oxygen atoms in total. The van der Waals surface area contributed by atoms with Crippen molar-refractivity contribution in [2.45, 2.75) is 33.0 Å². The summed E-state index contributed by atoms with van der Waals surface area (Å²) in [7, 11) is 0. The van der Waals surface area contributed by atoms with Gasteiger partial charge in [-0.15, -0.1) is 0 Å². The second-order valence-corrected chi connectivity index (χ2v) is 6.68. The Kier molecular flexibility index (Phi) is 3.95. The molecule has 0 saturated carbocycles. The molecular weight excluding hydrogens is 296 g/mol. The molecule has 0 aliphatic carbocycles. The summed E-state index contributed by atoms with van der Waals surface area (Å²) in [4.78, 5) is 7.26. The zero-order valence-electron chi connectivity index (χ0n) is 14.2. The van der Waals surface area contributed by atoms with Crippen LogP contribution in [0.5, 0.6) is 5.88 Å². The average Bonchev–Trinajstić information content (AvgIpc) is 2.71. The van der Waals surface area contributed by atoms with E-state index in [0.717, 1.165) is 31.0 Å². The Morgan fingerprint density at radius 1 is 1.12 bits per heavy atom. The third-order valence-corrected chi connectivity index (χ3v) is 4.56. The lowest BCUT2D eigenvalue weighted by atomic mass is 10.1. The van der Waals surface area contributed by atoms with Crippen LogP contribution in [0, 0.1) is 6.92 Å². The molecule has 0 N–H and O–H groups in total. The maximum absolute atomic E-state index is 6.14. The second kappa shape index (κ2) is 6.25. The third kappa shape index (κ3) is 3.00. The van der Waals surface area contributed by atoms with Crippen LogP contribution in [-0.4, -0.2) is 22.5 Å². The summed E-state index contributed by atoms with van der Waals surface area (Å²) in [5, 5.41) is 1.19. The molecule has 0 fully saturated rings. The van der Waals surface area contributed by atoms with Gasteiger partial charge >= 0.3 is 0 Å². The largest absolute Gasteiger partial charge is 0.473 e. The lowest BCUT2D eigenvalue weighted by Crippen LogP contribution is -2.30. The third-order valence-electron chi connectivity index (χ3n) is 4.56. The van der Waals surface area contributed by atoms with E-state index in [9.17, 15) is 0 Å². The molecule has 1 unspecified atom stereocenters. The Morgan fingerprint density at radius 2 is 1.96 bits per heavy atom. The topological polar surface area (TPSA) is 25.4 Å². The van der Waals surface area contributed by atoms with Crippen molar-refractivity contribution in [2.75, 3.05) is 6.54 Å². The van der Waals surface area contributed by atoms with E-state index in [1.165, 1.54) is 22.1 Å². The minimum atomic E-state index is 0.129. The monoisotopic (exact) mass is 318 g/mol. The molecule has 1 atom stereocenters. The first-order valence-corrected chi connectivity index (χ1v) is 8.51. The number of para-hydroxylation sites is 1. The lowest BCUT2D eigenvalue weighted by Gasteiger charge is -2.21. The molecule has 0 radical (unpaired) electrons. The normalized spacial score (nSPS) is 18.0. The number of rotatable bonds is 2. The van der Waals surface area contributed by atoms with Crippen LogP contribution >= 0.6 is 0 Å². The number of hydrogen-bond acceptors (Lipinski definition) is 3. The highest BCUT2D eigenvalue weighted by atomic mass is 16.5.